The number of rotatable bonds is 5. The molecule has 1 heterocycles. The van der Waals surface area contributed by atoms with Crippen LogP contribution in [-0.2, 0) is 0 Å². The van der Waals surface area contributed by atoms with E-state index in [1.807, 2.05) is 6.92 Å². The van der Waals surface area contributed by atoms with Crippen molar-refractivity contribution in [1.29, 1.82) is 0 Å². The molecule has 110 valence electrons. The highest BCUT2D eigenvalue weighted by molar-refractivity contribution is 9.10. The predicted molar refractivity (Wildman–Crippen MR) is 83.8 cm³/mol. The average molecular weight is 370 g/mol. The number of halogens is 1. The molecule has 0 aliphatic heterocycles. The zero-order valence-corrected chi connectivity index (χ0v) is 13.4. The van der Waals surface area contributed by atoms with Gasteiger partial charge in [-0.05, 0) is 41.1 Å². The molecule has 1 aromatic carbocycles. The first-order valence-electron chi connectivity index (χ1n) is 5.93. The van der Waals surface area contributed by atoms with E-state index in [0.717, 1.165) is 5.69 Å². The van der Waals surface area contributed by atoms with E-state index in [4.69, 9.17) is 10.8 Å². The molecular weight excluding hydrogens is 358 g/mol. The molecule has 1 amide bonds. The Labute approximate surface area is 133 Å². The standard InChI is InChI=1S/C13H12BrN3O3S/c1-6(12-17-10(5-21-12)13(19)20)16-7-2-3-8(11(15)18)9(14)4-7/h2-6,16H,1H3,(H2,15,18)(H,19,20). The minimum atomic E-state index is -1.04. The second-order valence-corrected chi connectivity index (χ2v) is 6.05. The van der Waals surface area contributed by atoms with E-state index < -0.39 is 11.9 Å². The van der Waals surface area contributed by atoms with Crippen LogP contribution in [0.5, 0.6) is 0 Å². The van der Waals surface area contributed by atoms with Crippen molar-refractivity contribution in [2.45, 2.75) is 13.0 Å². The molecule has 21 heavy (non-hydrogen) atoms. The molecule has 0 fully saturated rings. The van der Waals surface area contributed by atoms with E-state index in [0.29, 0.717) is 15.0 Å². The Morgan fingerprint density at radius 3 is 2.71 bits per heavy atom. The number of carbonyl (C=O) groups is 2. The van der Waals surface area contributed by atoms with Crippen LogP contribution >= 0.6 is 27.3 Å². The molecule has 0 aliphatic rings. The number of anilines is 1. The fourth-order valence-corrected chi connectivity index (χ4v) is 3.08. The molecule has 4 N–H and O–H groups in total. The van der Waals surface area contributed by atoms with E-state index in [-0.39, 0.29) is 11.7 Å². The molecule has 8 heteroatoms. The Morgan fingerprint density at radius 2 is 2.19 bits per heavy atom. The van der Waals surface area contributed by atoms with Crippen molar-refractivity contribution in [3.05, 3.63) is 44.3 Å². The van der Waals surface area contributed by atoms with Crippen LogP contribution in [0.2, 0.25) is 0 Å². The van der Waals surface area contributed by atoms with Gasteiger partial charge in [-0.15, -0.1) is 11.3 Å². The maximum absolute atomic E-state index is 11.2. The van der Waals surface area contributed by atoms with Crippen molar-refractivity contribution < 1.29 is 14.7 Å². The lowest BCUT2D eigenvalue weighted by molar-refractivity contribution is 0.0691. The number of carbonyl (C=O) groups excluding carboxylic acids is 1. The van der Waals surface area contributed by atoms with E-state index in [1.165, 1.54) is 16.7 Å². The zero-order valence-electron chi connectivity index (χ0n) is 11.0. The molecule has 1 aromatic heterocycles. The summed E-state index contributed by atoms with van der Waals surface area (Å²) in [5, 5.41) is 14.2. The highest BCUT2D eigenvalue weighted by Crippen LogP contribution is 2.26. The first-order valence-corrected chi connectivity index (χ1v) is 7.60. The van der Waals surface area contributed by atoms with E-state index in [9.17, 15) is 9.59 Å². The van der Waals surface area contributed by atoms with Crippen molar-refractivity contribution in [2.24, 2.45) is 5.73 Å². The second-order valence-electron chi connectivity index (χ2n) is 4.30. The normalized spacial score (nSPS) is 11.9. The van der Waals surface area contributed by atoms with Crippen LogP contribution in [0.4, 0.5) is 5.69 Å². The number of aromatic carboxylic acids is 1. The minimum absolute atomic E-state index is 0.0360. The third kappa shape index (κ3) is 3.59. The lowest BCUT2D eigenvalue weighted by atomic mass is 10.2. The molecule has 0 saturated heterocycles. The number of primary amides is 1. The van der Waals surface area contributed by atoms with Gasteiger partial charge in [-0.3, -0.25) is 4.79 Å². The summed E-state index contributed by atoms with van der Waals surface area (Å²) in [6, 6.07) is 4.93. The van der Waals surface area contributed by atoms with Crippen molar-refractivity contribution >= 4 is 44.8 Å². The lowest BCUT2D eigenvalue weighted by Gasteiger charge is -2.13. The maximum atomic E-state index is 11.2. The summed E-state index contributed by atoms with van der Waals surface area (Å²) >= 11 is 4.56. The van der Waals surface area contributed by atoms with Crippen molar-refractivity contribution in [1.82, 2.24) is 4.98 Å². The number of nitrogens with two attached hydrogens (primary N) is 1. The molecule has 2 aromatic rings. The molecular formula is C13H12BrN3O3S. The van der Waals surface area contributed by atoms with Gasteiger partial charge >= 0.3 is 5.97 Å². The SMILES string of the molecule is CC(Nc1ccc(C(N)=O)c(Br)c1)c1nc(C(=O)O)cs1. The second kappa shape index (κ2) is 6.23. The summed E-state index contributed by atoms with van der Waals surface area (Å²) in [5.41, 5.74) is 6.44. The topological polar surface area (TPSA) is 105 Å². The largest absolute Gasteiger partial charge is 0.476 e. The summed E-state index contributed by atoms with van der Waals surface area (Å²) < 4.78 is 0.595. The van der Waals surface area contributed by atoms with Gasteiger partial charge in [0.15, 0.2) is 5.69 Å². The minimum Gasteiger partial charge on any atom is -0.476 e. The summed E-state index contributed by atoms with van der Waals surface area (Å²) in [4.78, 5) is 26.0. The van der Waals surface area contributed by atoms with Crippen LogP contribution in [0.15, 0.2) is 28.1 Å². The number of carboxylic acid groups (broad SMARTS) is 1. The van der Waals surface area contributed by atoms with Gasteiger partial charge in [0.2, 0.25) is 5.91 Å². The Kier molecular flexibility index (Phi) is 4.59. The van der Waals surface area contributed by atoms with Gasteiger partial charge in [0.1, 0.15) is 5.01 Å². The van der Waals surface area contributed by atoms with Crippen molar-refractivity contribution in [2.75, 3.05) is 5.32 Å². The number of hydrogen-bond donors (Lipinski definition) is 3. The van der Waals surface area contributed by atoms with E-state index in [2.05, 4.69) is 26.2 Å². The molecule has 6 nitrogen and oxygen atoms in total. The number of nitrogens with zero attached hydrogens (tertiary/aromatic N) is 1. The first-order chi connectivity index (χ1) is 9.88. The molecule has 0 saturated carbocycles. The van der Waals surface area contributed by atoms with Gasteiger partial charge in [0.05, 0.1) is 11.6 Å². The van der Waals surface area contributed by atoms with Crippen LogP contribution in [-0.4, -0.2) is 22.0 Å². The summed E-state index contributed by atoms with van der Waals surface area (Å²) in [7, 11) is 0. The molecule has 1 unspecified atom stereocenters. The zero-order chi connectivity index (χ0) is 15.6. The maximum Gasteiger partial charge on any atom is 0.355 e. The van der Waals surface area contributed by atoms with Crippen LogP contribution in [0.25, 0.3) is 0 Å². The van der Waals surface area contributed by atoms with Crippen LogP contribution in [0, 0.1) is 0 Å². The summed E-state index contributed by atoms with van der Waals surface area (Å²) in [6.07, 6.45) is 0. The van der Waals surface area contributed by atoms with E-state index >= 15 is 0 Å². The molecule has 0 aliphatic carbocycles. The van der Waals surface area contributed by atoms with Crippen LogP contribution in [0.3, 0.4) is 0 Å². The third-order valence-electron chi connectivity index (χ3n) is 2.73. The molecule has 0 bridgehead atoms. The number of carboxylic acids is 1. The fourth-order valence-electron chi connectivity index (χ4n) is 1.70. The molecule has 0 spiro atoms. The van der Waals surface area contributed by atoms with Gasteiger partial charge in [-0.25, -0.2) is 9.78 Å². The van der Waals surface area contributed by atoms with Crippen LogP contribution < -0.4 is 11.1 Å². The predicted octanol–water partition coefficient (Wildman–Crippen LogP) is 2.88. The van der Waals surface area contributed by atoms with Gasteiger partial charge in [-0.2, -0.15) is 0 Å². The number of hydrogen-bond acceptors (Lipinski definition) is 5. The molecule has 2 rings (SSSR count). The third-order valence-corrected chi connectivity index (χ3v) is 4.41. The summed E-state index contributed by atoms with van der Waals surface area (Å²) in [5.74, 6) is -1.55. The fraction of sp³-hybridized carbons (Fsp3) is 0.154. The molecule has 1 atom stereocenters. The number of thiazole rings is 1. The van der Waals surface area contributed by atoms with Gasteiger partial charge in [-0.1, -0.05) is 0 Å². The smallest absolute Gasteiger partial charge is 0.355 e. The monoisotopic (exact) mass is 369 g/mol. The number of nitrogens with one attached hydrogen (secondary N) is 1. The van der Waals surface area contributed by atoms with Gasteiger partial charge in [0, 0.05) is 15.5 Å². The Balaban J connectivity index is 2.15. The Morgan fingerprint density at radius 1 is 1.48 bits per heavy atom. The lowest BCUT2D eigenvalue weighted by Crippen LogP contribution is -2.12. The Bertz CT molecular complexity index is 702. The quantitative estimate of drug-likeness (QED) is 0.751. The van der Waals surface area contributed by atoms with Gasteiger partial charge in [0.25, 0.3) is 0 Å². The van der Waals surface area contributed by atoms with E-state index in [1.54, 1.807) is 18.2 Å². The number of amides is 1. The summed E-state index contributed by atoms with van der Waals surface area (Å²) in [6.45, 7) is 1.88. The molecule has 0 radical (unpaired) electrons. The first kappa shape index (κ1) is 15.5. The Hall–Kier alpha value is -1.93. The number of benzene rings is 1. The van der Waals surface area contributed by atoms with Crippen LogP contribution in [0.1, 0.15) is 38.8 Å². The average Bonchev–Trinajstić information content (AvgIpc) is 2.88. The highest BCUT2D eigenvalue weighted by atomic mass is 79.9. The highest BCUT2D eigenvalue weighted by Gasteiger charge is 2.14. The number of aromatic nitrogens is 1. The van der Waals surface area contributed by atoms with Crippen molar-refractivity contribution in [3.63, 3.8) is 0 Å². The van der Waals surface area contributed by atoms with Gasteiger partial charge < -0.3 is 16.2 Å². The van der Waals surface area contributed by atoms with Crippen molar-refractivity contribution in [3.8, 4) is 0 Å².